The van der Waals surface area contributed by atoms with Gasteiger partial charge in [0.15, 0.2) is 0 Å². The van der Waals surface area contributed by atoms with Gasteiger partial charge >= 0.3 is 0 Å². The summed E-state index contributed by atoms with van der Waals surface area (Å²) in [6.45, 7) is 0.161. The minimum atomic E-state index is -0.422. The van der Waals surface area contributed by atoms with E-state index in [0.29, 0.717) is 10.0 Å². The lowest BCUT2D eigenvalue weighted by Crippen LogP contribution is -2.03. The van der Waals surface area contributed by atoms with Crippen LogP contribution in [0, 0.1) is 13.7 Å². The van der Waals surface area contributed by atoms with E-state index in [1.807, 2.05) is 22.6 Å². The first-order valence-electron chi connectivity index (χ1n) is 3.38. The first-order valence-corrected chi connectivity index (χ1v) is 5.25. The fourth-order valence-corrected chi connectivity index (χ4v) is 2.60. The Labute approximate surface area is 96.9 Å². The Kier molecular flexibility index (Phi) is 3.63. The van der Waals surface area contributed by atoms with Crippen molar-refractivity contribution in [3.05, 3.63) is 35.9 Å². The van der Waals surface area contributed by atoms with Gasteiger partial charge in [0.1, 0.15) is 0 Å². The fourth-order valence-electron chi connectivity index (χ4n) is 0.955. The molecule has 0 unspecified atom stereocenters. The van der Waals surface area contributed by atoms with Crippen LogP contribution in [0.3, 0.4) is 0 Å². The Morgan fingerprint density at radius 3 is 2.69 bits per heavy atom. The third-order valence-corrected chi connectivity index (χ3v) is 2.87. The van der Waals surface area contributed by atoms with Crippen LogP contribution in [0.2, 0.25) is 0 Å². The van der Waals surface area contributed by atoms with E-state index >= 15 is 0 Å². The maximum Gasteiger partial charge on any atom is 0.276 e. The molecule has 6 heteroatoms. The molecule has 1 rings (SSSR count). The highest BCUT2D eigenvalue weighted by Crippen LogP contribution is 2.28. The van der Waals surface area contributed by atoms with Crippen LogP contribution in [0.15, 0.2) is 16.6 Å². The molecule has 0 radical (unpaired) electrons. The van der Waals surface area contributed by atoms with Crippen molar-refractivity contribution in [1.82, 2.24) is 0 Å². The number of benzene rings is 1. The van der Waals surface area contributed by atoms with E-state index in [-0.39, 0.29) is 12.2 Å². The fraction of sp³-hybridized carbons (Fsp3) is 0.143. The third kappa shape index (κ3) is 2.38. The van der Waals surface area contributed by atoms with Crippen molar-refractivity contribution in [2.75, 3.05) is 0 Å². The predicted octanol–water partition coefficient (Wildman–Crippen LogP) is 2.42. The minimum Gasteiger partial charge on any atom is -0.326 e. The Bertz CT molecular complexity index is 357. The van der Waals surface area contributed by atoms with Gasteiger partial charge in [0, 0.05) is 20.7 Å². The van der Waals surface area contributed by atoms with E-state index in [1.54, 1.807) is 6.07 Å². The van der Waals surface area contributed by atoms with Crippen LogP contribution in [-0.2, 0) is 6.54 Å². The van der Waals surface area contributed by atoms with E-state index in [1.165, 1.54) is 6.07 Å². The zero-order valence-electron chi connectivity index (χ0n) is 6.46. The maximum absolute atomic E-state index is 10.6. The zero-order chi connectivity index (χ0) is 10.0. The maximum atomic E-state index is 10.6. The van der Waals surface area contributed by atoms with Gasteiger partial charge in [0.2, 0.25) is 0 Å². The highest BCUT2D eigenvalue weighted by molar-refractivity contribution is 14.1. The molecule has 0 atom stereocenters. The van der Waals surface area contributed by atoms with Gasteiger partial charge in [-0.15, -0.1) is 0 Å². The topological polar surface area (TPSA) is 69.2 Å². The molecular weight excluding hydrogens is 351 g/mol. The molecule has 0 saturated carbocycles. The second-order valence-electron chi connectivity index (χ2n) is 2.35. The molecule has 1 aromatic rings. The molecule has 13 heavy (non-hydrogen) atoms. The van der Waals surface area contributed by atoms with Crippen molar-refractivity contribution in [1.29, 1.82) is 0 Å². The third-order valence-electron chi connectivity index (χ3n) is 1.54. The second kappa shape index (κ2) is 4.34. The number of nitro benzene ring substituents is 1. The standard InChI is InChI=1S/C7H6BrIN2O2/c8-6-1-4(9)2-7(11(12)13)5(6)3-10/h1-2H,3,10H2. The molecule has 0 fully saturated rings. The highest BCUT2D eigenvalue weighted by Gasteiger charge is 2.16. The first-order chi connectivity index (χ1) is 6.06. The van der Waals surface area contributed by atoms with Crippen LogP contribution in [-0.4, -0.2) is 4.92 Å². The number of halogens is 2. The largest absolute Gasteiger partial charge is 0.326 e. The second-order valence-corrected chi connectivity index (χ2v) is 4.45. The average Bonchev–Trinajstić information content (AvgIpc) is 2.02. The number of rotatable bonds is 2. The summed E-state index contributed by atoms with van der Waals surface area (Å²) in [7, 11) is 0. The normalized spacial score (nSPS) is 10.1. The molecule has 70 valence electrons. The van der Waals surface area contributed by atoms with Gasteiger partial charge in [-0.3, -0.25) is 10.1 Å². The van der Waals surface area contributed by atoms with E-state index in [4.69, 9.17) is 5.73 Å². The lowest BCUT2D eigenvalue weighted by atomic mass is 10.2. The predicted molar refractivity (Wildman–Crippen MR) is 61.4 cm³/mol. The summed E-state index contributed by atoms with van der Waals surface area (Å²) < 4.78 is 1.50. The monoisotopic (exact) mass is 356 g/mol. The van der Waals surface area contributed by atoms with E-state index in [0.717, 1.165) is 3.57 Å². The number of nitrogens with two attached hydrogens (primary N) is 1. The Hall–Kier alpha value is -0.210. The Morgan fingerprint density at radius 1 is 1.62 bits per heavy atom. The minimum absolute atomic E-state index is 0.0706. The van der Waals surface area contributed by atoms with Crippen molar-refractivity contribution in [2.24, 2.45) is 5.73 Å². The highest BCUT2D eigenvalue weighted by atomic mass is 127. The van der Waals surface area contributed by atoms with Gasteiger partial charge in [-0.1, -0.05) is 15.9 Å². The van der Waals surface area contributed by atoms with Gasteiger partial charge in [0.05, 0.1) is 10.5 Å². The molecule has 0 aliphatic rings. The molecule has 2 N–H and O–H groups in total. The average molecular weight is 357 g/mol. The molecule has 0 aliphatic carbocycles. The summed E-state index contributed by atoms with van der Waals surface area (Å²) in [5, 5.41) is 10.6. The van der Waals surface area contributed by atoms with Crippen LogP contribution in [0.5, 0.6) is 0 Å². The number of nitro groups is 1. The lowest BCUT2D eigenvalue weighted by molar-refractivity contribution is -0.385. The van der Waals surface area contributed by atoms with Crippen LogP contribution in [0.4, 0.5) is 5.69 Å². The van der Waals surface area contributed by atoms with Gasteiger partial charge < -0.3 is 5.73 Å². The van der Waals surface area contributed by atoms with Crippen molar-refractivity contribution >= 4 is 44.2 Å². The summed E-state index contributed by atoms with van der Waals surface area (Å²) in [4.78, 5) is 10.2. The lowest BCUT2D eigenvalue weighted by Gasteiger charge is -2.03. The Balaban J connectivity index is 3.38. The van der Waals surface area contributed by atoms with Crippen molar-refractivity contribution in [3.8, 4) is 0 Å². The van der Waals surface area contributed by atoms with Crippen LogP contribution < -0.4 is 5.73 Å². The van der Waals surface area contributed by atoms with Gasteiger partial charge in [0.25, 0.3) is 5.69 Å². The number of nitrogens with zero attached hydrogens (tertiary/aromatic N) is 1. The summed E-state index contributed by atoms with van der Waals surface area (Å²) in [5.74, 6) is 0. The smallest absolute Gasteiger partial charge is 0.276 e. The van der Waals surface area contributed by atoms with Gasteiger partial charge in [-0.25, -0.2) is 0 Å². The molecule has 0 aliphatic heterocycles. The summed E-state index contributed by atoms with van der Waals surface area (Å²) >= 11 is 5.26. The van der Waals surface area contributed by atoms with Crippen LogP contribution in [0.1, 0.15) is 5.56 Å². The summed E-state index contributed by atoms with van der Waals surface area (Å²) in [5.41, 5.74) is 6.01. The SMILES string of the molecule is NCc1c(Br)cc(I)cc1[N+](=O)[O-]. The van der Waals surface area contributed by atoms with E-state index in [9.17, 15) is 10.1 Å². The van der Waals surface area contributed by atoms with Gasteiger partial charge in [-0.2, -0.15) is 0 Å². The number of hydrogen-bond acceptors (Lipinski definition) is 3. The van der Waals surface area contributed by atoms with Gasteiger partial charge in [-0.05, 0) is 28.7 Å². The first kappa shape index (κ1) is 10.9. The quantitative estimate of drug-likeness (QED) is 0.502. The van der Waals surface area contributed by atoms with E-state index in [2.05, 4.69) is 15.9 Å². The van der Waals surface area contributed by atoms with Crippen LogP contribution in [0.25, 0.3) is 0 Å². The molecule has 0 heterocycles. The molecule has 0 amide bonds. The zero-order valence-corrected chi connectivity index (χ0v) is 10.2. The molecule has 0 saturated heterocycles. The van der Waals surface area contributed by atoms with Crippen molar-refractivity contribution < 1.29 is 4.92 Å². The van der Waals surface area contributed by atoms with E-state index < -0.39 is 4.92 Å². The van der Waals surface area contributed by atoms with Crippen LogP contribution >= 0.6 is 38.5 Å². The summed E-state index contributed by atoms with van der Waals surface area (Å²) in [6.07, 6.45) is 0. The number of hydrogen-bond donors (Lipinski definition) is 1. The molecule has 1 aromatic carbocycles. The summed E-state index contributed by atoms with van der Waals surface area (Å²) in [6, 6.07) is 3.31. The van der Waals surface area contributed by atoms with Crippen molar-refractivity contribution in [2.45, 2.75) is 6.54 Å². The molecule has 0 spiro atoms. The Morgan fingerprint density at radius 2 is 2.23 bits per heavy atom. The molecule has 4 nitrogen and oxygen atoms in total. The molecule has 0 bridgehead atoms. The molecular formula is C7H6BrIN2O2. The van der Waals surface area contributed by atoms with Crippen molar-refractivity contribution in [3.63, 3.8) is 0 Å². The molecule has 0 aromatic heterocycles.